The Hall–Kier alpha value is -2.58. The molecular formula is C22H24N2O8S3. The van der Waals surface area contributed by atoms with Crippen LogP contribution in [-0.4, -0.2) is 50.7 Å². The molecule has 0 fully saturated rings. The Balaban J connectivity index is 1.53. The number of hydrogen-bond acceptors (Lipinski definition) is 9. The van der Waals surface area contributed by atoms with Gasteiger partial charge in [0.25, 0.3) is 0 Å². The van der Waals surface area contributed by atoms with Gasteiger partial charge in [-0.2, -0.15) is 0 Å². The standard InChI is InChI=1S/C22H24N2O8S3/c25-34(26,27)15-1-7-23-9-3-17(4-10-23)21-19-20(32-14-13-31-19)22(33-21)18-5-11-24(12-6-18)8-2-16-35(28,29)30/h3-6,9-12H,1-2,7-8,13-16H2. The Morgan fingerprint density at radius 1 is 0.714 bits per heavy atom. The quantitative estimate of drug-likeness (QED) is 0.277. The van der Waals surface area contributed by atoms with E-state index in [-0.39, 0.29) is 12.8 Å². The summed E-state index contributed by atoms with van der Waals surface area (Å²) >= 11 is 1.53. The van der Waals surface area contributed by atoms with Crippen molar-refractivity contribution in [3.8, 4) is 32.4 Å². The second-order valence-electron chi connectivity index (χ2n) is 8.00. The van der Waals surface area contributed by atoms with Gasteiger partial charge in [-0.3, -0.25) is 0 Å². The van der Waals surface area contributed by atoms with Crippen LogP contribution in [0.5, 0.6) is 11.5 Å². The zero-order chi connectivity index (χ0) is 25.1. The molecule has 188 valence electrons. The van der Waals surface area contributed by atoms with E-state index in [2.05, 4.69) is 0 Å². The van der Waals surface area contributed by atoms with Crippen LogP contribution < -0.4 is 18.6 Å². The van der Waals surface area contributed by atoms with Crippen molar-refractivity contribution >= 4 is 31.6 Å². The second kappa shape index (κ2) is 10.6. The third-order valence-corrected chi connectivity index (χ3v) is 8.15. The smallest absolute Gasteiger partial charge is 0.180 e. The van der Waals surface area contributed by atoms with E-state index >= 15 is 0 Å². The summed E-state index contributed by atoms with van der Waals surface area (Å²) in [6, 6.07) is 7.62. The number of ether oxygens (including phenoxy) is 2. The van der Waals surface area contributed by atoms with Gasteiger partial charge in [-0.15, -0.1) is 11.3 Å². The molecule has 13 heteroatoms. The van der Waals surface area contributed by atoms with Crippen molar-refractivity contribution < 1.29 is 44.5 Å². The number of pyridine rings is 2. The Bertz CT molecular complexity index is 1280. The van der Waals surface area contributed by atoms with Crippen LogP contribution in [0.1, 0.15) is 12.8 Å². The Kier molecular flexibility index (Phi) is 7.71. The van der Waals surface area contributed by atoms with E-state index in [4.69, 9.17) is 9.47 Å². The molecule has 4 heterocycles. The first-order valence-electron chi connectivity index (χ1n) is 10.9. The van der Waals surface area contributed by atoms with Crippen molar-refractivity contribution in [3.63, 3.8) is 0 Å². The number of aromatic nitrogens is 2. The molecular weight excluding hydrogens is 516 g/mol. The highest BCUT2D eigenvalue weighted by Crippen LogP contribution is 2.53. The summed E-state index contributed by atoms with van der Waals surface area (Å²) in [4.78, 5) is 1.81. The number of hydrogen-bond donors (Lipinski definition) is 0. The molecule has 35 heavy (non-hydrogen) atoms. The van der Waals surface area contributed by atoms with Crippen LogP contribution in [0.3, 0.4) is 0 Å². The van der Waals surface area contributed by atoms with Crippen molar-refractivity contribution in [2.45, 2.75) is 25.9 Å². The molecule has 4 rings (SSSR count). The Labute approximate surface area is 207 Å². The predicted molar refractivity (Wildman–Crippen MR) is 125 cm³/mol. The first-order valence-corrected chi connectivity index (χ1v) is 14.8. The summed E-state index contributed by atoms with van der Waals surface area (Å²) < 4.78 is 80.3. The molecule has 0 spiro atoms. The highest BCUT2D eigenvalue weighted by molar-refractivity contribution is 7.85. The molecule has 0 saturated heterocycles. The van der Waals surface area contributed by atoms with E-state index in [0.717, 1.165) is 20.9 Å². The van der Waals surface area contributed by atoms with E-state index in [1.807, 2.05) is 58.2 Å². The van der Waals surface area contributed by atoms with E-state index in [1.165, 1.54) is 11.3 Å². The fraction of sp³-hybridized carbons (Fsp3) is 0.364. The third-order valence-electron chi connectivity index (χ3n) is 5.33. The third kappa shape index (κ3) is 6.98. The highest BCUT2D eigenvalue weighted by Gasteiger charge is 2.27. The van der Waals surface area contributed by atoms with Crippen LogP contribution >= 0.6 is 11.3 Å². The minimum absolute atomic E-state index is 0.242. The van der Waals surface area contributed by atoms with Gasteiger partial charge in [0.15, 0.2) is 36.3 Å². The summed E-state index contributed by atoms with van der Waals surface area (Å²) in [6.45, 7) is 1.70. The SMILES string of the molecule is O=S(=O)([O-])CCC[n+]1ccc(-c2sc(-c3cc[n+](CCCS(=O)(=O)[O-])cc3)c3c2OCCO3)cc1. The van der Waals surface area contributed by atoms with Crippen molar-refractivity contribution in [1.29, 1.82) is 0 Å². The molecule has 1 aliphatic rings. The van der Waals surface area contributed by atoms with Crippen LogP contribution in [-0.2, 0) is 33.3 Å². The fourth-order valence-electron chi connectivity index (χ4n) is 3.69. The minimum atomic E-state index is -4.22. The van der Waals surface area contributed by atoms with Gasteiger partial charge < -0.3 is 18.6 Å². The average molecular weight is 541 g/mol. The number of aryl methyl sites for hydroxylation is 2. The Morgan fingerprint density at radius 3 is 1.43 bits per heavy atom. The number of fused-ring (bicyclic) bond motifs is 1. The number of rotatable bonds is 10. The largest absolute Gasteiger partial charge is 0.748 e. The van der Waals surface area contributed by atoms with E-state index in [1.54, 1.807) is 0 Å². The first kappa shape index (κ1) is 25.5. The average Bonchev–Trinajstić information content (AvgIpc) is 3.18. The van der Waals surface area contributed by atoms with Crippen LogP contribution in [0.2, 0.25) is 0 Å². The van der Waals surface area contributed by atoms with Gasteiger partial charge >= 0.3 is 0 Å². The monoisotopic (exact) mass is 540 g/mol. The Morgan fingerprint density at radius 2 is 1.09 bits per heavy atom. The summed E-state index contributed by atoms with van der Waals surface area (Å²) in [5.74, 6) is 0.542. The number of thiophene rings is 1. The lowest BCUT2D eigenvalue weighted by atomic mass is 10.1. The maximum Gasteiger partial charge on any atom is 0.180 e. The van der Waals surface area contributed by atoms with Gasteiger partial charge in [-0.25, -0.2) is 26.0 Å². The molecule has 0 atom stereocenters. The van der Waals surface area contributed by atoms with Gasteiger partial charge in [0, 0.05) is 59.7 Å². The van der Waals surface area contributed by atoms with Crippen LogP contribution in [0.4, 0.5) is 0 Å². The lowest BCUT2D eigenvalue weighted by Crippen LogP contribution is -2.33. The molecule has 0 bridgehead atoms. The molecule has 0 aromatic carbocycles. The van der Waals surface area contributed by atoms with Crippen LogP contribution in [0.25, 0.3) is 20.9 Å². The molecule has 1 aliphatic heterocycles. The second-order valence-corrected chi connectivity index (χ2v) is 12.1. The molecule has 0 amide bonds. The van der Waals surface area contributed by atoms with Crippen LogP contribution in [0, 0.1) is 0 Å². The highest BCUT2D eigenvalue weighted by atomic mass is 32.2. The van der Waals surface area contributed by atoms with Crippen molar-refractivity contribution in [1.82, 2.24) is 0 Å². The molecule has 0 radical (unpaired) electrons. The lowest BCUT2D eigenvalue weighted by molar-refractivity contribution is -0.696. The molecule has 0 N–H and O–H groups in total. The normalized spacial score (nSPS) is 13.7. The summed E-state index contributed by atoms with van der Waals surface area (Å²) in [7, 11) is -8.45. The van der Waals surface area contributed by atoms with Crippen molar-refractivity contribution in [2.75, 3.05) is 24.7 Å². The first-order chi connectivity index (χ1) is 16.6. The summed E-state index contributed by atoms with van der Waals surface area (Å²) in [5.41, 5.74) is 1.83. The fourth-order valence-corrected chi connectivity index (χ4v) is 5.86. The van der Waals surface area contributed by atoms with Gasteiger partial charge in [-0.1, -0.05) is 0 Å². The van der Waals surface area contributed by atoms with E-state index in [0.29, 0.717) is 37.8 Å². The van der Waals surface area contributed by atoms with Gasteiger partial charge in [0.05, 0.1) is 30.0 Å². The summed E-state index contributed by atoms with van der Waals surface area (Å²) in [5, 5.41) is 0. The van der Waals surface area contributed by atoms with Crippen LogP contribution in [0.15, 0.2) is 49.1 Å². The zero-order valence-electron chi connectivity index (χ0n) is 18.7. The lowest BCUT2D eigenvalue weighted by Gasteiger charge is -2.17. The van der Waals surface area contributed by atoms with Gasteiger partial charge in [0.1, 0.15) is 26.3 Å². The molecule has 0 aliphatic carbocycles. The molecule has 3 aromatic rings. The molecule has 3 aromatic heterocycles. The summed E-state index contributed by atoms with van der Waals surface area (Å²) in [6.07, 6.45) is 7.80. The molecule has 0 unspecified atom stereocenters. The maximum atomic E-state index is 10.8. The maximum absolute atomic E-state index is 10.8. The van der Waals surface area contributed by atoms with Crippen molar-refractivity contribution in [2.24, 2.45) is 0 Å². The van der Waals surface area contributed by atoms with Crippen molar-refractivity contribution in [3.05, 3.63) is 49.1 Å². The minimum Gasteiger partial charge on any atom is -0.748 e. The molecule has 0 saturated carbocycles. The molecule has 10 nitrogen and oxygen atoms in total. The number of nitrogens with zero attached hydrogens (tertiary/aromatic N) is 2. The van der Waals surface area contributed by atoms with Gasteiger partial charge in [0.2, 0.25) is 0 Å². The topological polar surface area (TPSA) is 141 Å². The van der Waals surface area contributed by atoms with E-state index < -0.39 is 31.7 Å². The predicted octanol–water partition coefficient (Wildman–Crippen LogP) is 1.30. The zero-order valence-corrected chi connectivity index (χ0v) is 21.1. The van der Waals surface area contributed by atoms with E-state index in [9.17, 15) is 25.9 Å². The van der Waals surface area contributed by atoms with Gasteiger partial charge in [-0.05, 0) is 0 Å².